The topological polar surface area (TPSA) is 54.6 Å². The SMILES string of the molecule is O=C(O)c1c(CCC2CCCCC2)nc2ccccn12. The van der Waals surface area contributed by atoms with Crippen LogP contribution in [0.5, 0.6) is 0 Å². The van der Waals surface area contributed by atoms with Crippen LogP contribution in [0, 0.1) is 5.92 Å². The normalized spacial score (nSPS) is 16.6. The molecule has 0 radical (unpaired) electrons. The molecule has 4 nitrogen and oxygen atoms in total. The van der Waals surface area contributed by atoms with E-state index in [-0.39, 0.29) is 0 Å². The van der Waals surface area contributed by atoms with E-state index in [1.807, 2.05) is 18.2 Å². The van der Waals surface area contributed by atoms with Crippen molar-refractivity contribution in [3.05, 3.63) is 35.8 Å². The summed E-state index contributed by atoms with van der Waals surface area (Å²) in [6.07, 6.45) is 10.2. The number of imidazole rings is 1. The lowest BCUT2D eigenvalue weighted by molar-refractivity contribution is 0.0688. The standard InChI is InChI=1S/C16H20N2O2/c19-16(20)15-13(10-9-12-6-2-1-3-7-12)17-14-8-4-5-11-18(14)15/h4-5,8,11-12H,1-3,6-7,9-10H2,(H,19,20). The van der Waals surface area contributed by atoms with Gasteiger partial charge in [0.15, 0.2) is 5.69 Å². The van der Waals surface area contributed by atoms with Gasteiger partial charge in [0.1, 0.15) is 5.65 Å². The molecule has 1 saturated carbocycles. The van der Waals surface area contributed by atoms with Gasteiger partial charge in [-0.05, 0) is 30.9 Å². The second-order valence-corrected chi connectivity index (χ2v) is 5.68. The van der Waals surface area contributed by atoms with Crippen LogP contribution in [0.2, 0.25) is 0 Å². The van der Waals surface area contributed by atoms with E-state index >= 15 is 0 Å². The molecule has 4 heteroatoms. The summed E-state index contributed by atoms with van der Waals surface area (Å²) < 4.78 is 1.68. The fourth-order valence-corrected chi connectivity index (χ4v) is 3.26. The van der Waals surface area contributed by atoms with E-state index in [2.05, 4.69) is 4.98 Å². The van der Waals surface area contributed by atoms with Gasteiger partial charge in [-0.15, -0.1) is 0 Å². The van der Waals surface area contributed by atoms with Crippen molar-refractivity contribution < 1.29 is 9.90 Å². The molecule has 2 aromatic heterocycles. The Morgan fingerprint density at radius 1 is 1.30 bits per heavy atom. The third kappa shape index (κ3) is 2.55. The molecule has 0 amide bonds. The van der Waals surface area contributed by atoms with E-state index < -0.39 is 5.97 Å². The molecular weight excluding hydrogens is 252 g/mol. The first-order valence-corrected chi connectivity index (χ1v) is 7.45. The van der Waals surface area contributed by atoms with E-state index in [0.29, 0.717) is 5.69 Å². The Hall–Kier alpha value is -1.84. The molecule has 1 aliphatic carbocycles. The van der Waals surface area contributed by atoms with Gasteiger partial charge in [0.2, 0.25) is 0 Å². The Kier molecular flexibility index (Phi) is 3.72. The Balaban J connectivity index is 1.82. The van der Waals surface area contributed by atoms with Crippen LogP contribution in [0.25, 0.3) is 5.65 Å². The first kappa shape index (κ1) is 13.2. The zero-order valence-corrected chi connectivity index (χ0v) is 11.6. The maximum absolute atomic E-state index is 11.5. The average molecular weight is 272 g/mol. The molecule has 20 heavy (non-hydrogen) atoms. The molecule has 0 aliphatic heterocycles. The summed E-state index contributed by atoms with van der Waals surface area (Å²) in [6, 6.07) is 5.58. The fraction of sp³-hybridized carbons (Fsp3) is 0.500. The maximum atomic E-state index is 11.5. The molecule has 1 aliphatic rings. The Bertz CT molecular complexity index is 612. The highest BCUT2D eigenvalue weighted by Crippen LogP contribution is 2.28. The van der Waals surface area contributed by atoms with Crippen LogP contribution in [-0.2, 0) is 6.42 Å². The molecule has 0 aromatic carbocycles. The number of aryl methyl sites for hydroxylation is 1. The highest BCUT2D eigenvalue weighted by atomic mass is 16.4. The van der Waals surface area contributed by atoms with Gasteiger partial charge in [-0.3, -0.25) is 4.40 Å². The van der Waals surface area contributed by atoms with Gasteiger partial charge in [-0.2, -0.15) is 0 Å². The van der Waals surface area contributed by atoms with Gasteiger partial charge < -0.3 is 5.11 Å². The van der Waals surface area contributed by atoms with Crippen LogP contribution in [-0.4, -0.2) is 20.5 Å². The molecule has 1 fully saturated rings. The maximum Gasteiger partial charge on any atom is 0.354 e. The highest BCUT2D eigenvalue weighted by molar-refractivity contribution is 5.88. The monoisotopic (exact) mass is 272 g/mol. The average Bonchev–Trinajstić information content (AvgIpc) is 2.84. The van der Waals surface area contributed by atoms with E-state index in [1.165, 1.54) is 32.1 Å². The summed E-state index contributed by atoms with van der Waals surface area (Å²) in [4.78, 5) is 16.0. The molecule has 106 valence electrons. The molecule has 0 bridgehead atoms. The molecule has 3 rings (SSSR count). The van der Waals surface area contributed by atoms with Gasteiger partial charge in [0.25, 0.3) is 0 Å². The van der Waals surface area contributed by atoms with Crippen molar-refractivity contribution in [3.8, 4) is 0 Å². The number of fused-ring (bicyclic) bond motifs is 1. The fourth-order valence-electron chi connectivity index (χ4n) is 3.26. The number of pyridine rings is 1. The zero-order chi connectivity index (χ0) is 13.9. The van der Waals surface area contributed by atoms with Gasteiger partial charge in [-0.25, -0.2) is 9.78 Å². The zero-order valence-electron chi connectivity index (χ0n) is 11.6. The first-order valence-electron chi connectivity index (χ1n) is 7.45. The first-order chi connectivity index (χ1) is 9.75. The summed E-state index contributed by atoms with van der Waals surface area (Å²) in [5, 5.41) is 9.43. The van der Waals surface area contributed by atoms with Crippen molar-refractivity contribution in [1.82, 2.24) is 9.38 Å². The molecule has 1 N–H and O–H groups in total. The Morgan fingerprint density at radius 2 is 2.10 bits per heavy atom. The summed E-state index contributed by atoms with van der Waals surface area (Å²) in [6.45, 7) is 0. The number of carbonyl (C=O) groups is 1. The van der Waals surface area contributed by atoms with Crippen LogP contribution in [0.15, 0.2) is 24.4 Å². The minimum Gasteiger partial charge on any atom is -0.477 e. The molecule has 0 saturated heterocycles. The van der Waals surface area contributed by atoms with Gasteiger partial charge in [0.05, 0.1) is 5.69 Å². The van der Waals surface area contributed by atoms with Crippen molar-refractivity contribution in [2.24, 2.45) is 5.92 Å². The van der Waals surface area contributed by atoms with Crippen molar-refractivity contribution >= 4 is 11.6 Å². The van der Waals surface area contributed by atoms with Gasteiger partial charge >= 0.3 is 5.97 Å². The molecular formula is C16H20N2O2. The molecule has 0 unspecified atom stereocenters. The van der Waals surface area contributed by atoms with Crippen molar-refractivity contribution in [2.45, 2.75) is 44.9 Å². The lowest BCUT2D eigenvalue weighted by Crippen LogP contribution is -2.10. The molecule has 0 atom stereocenters. The van der Waals surface area contributed by atoms with E-state index in [9.17, 15) is 9.90 Å². The molecule has 0 spiro atoms. The van der Waals surface area contributed by atoms with E-state index in [4.69, 9.17) is 0 Å². The minimum atomic E-state index is -0.887. The van der Waals surface area contributed by atoms with Crippen molar-refractivity contribution in [3.63, 3.8) is 0 Å². The highest BCUT2D eigenvalue weighted by Gasteiger charge is 2.20. The predicted molar refractivity (Wildman–Crippen MR) is 77.0 cm³/mol. The lowest BCUT2D eigenvalue weighted by atomic mass is 9.85. The van der Waals surface area contributed by atoms with Crippen molar-refractivity contribution in [1.29, 1.82) is 0 Å². The van der Waals surface area contributed by atoms with E-state index in [1.54, 1.807) is 10.6 Å². The number of carboxylic acids is 1. The van der Waals surface area contributed by atoms with Gasteiger partial charge in [-0.1, -0.05) is 38.2 Å². The third-order valence-corrected chi connectivity index (χ3v) is 4.32. The quantitative estimate of drug-likeness (QED) is 0.926. The third-order valence-electron chi connectivity index (χ3n) is 4.32. The second kappa shape index (κ2) is 5.65. The number of carboxylic acid groups (broad SMARTS) is 1. The molecule has 2 heterocycles. The number of aromatic nitrogens is 2. The largest absolute Gasteiger partial charge is 0.477 e. The smallest absolute Gasteiger partial charge is 0.354 e. The summed E-state index contributed by atoms with van der Waals surface area (Å²) in [5.74, 6) is -0.141. The summed E-state index contributed by atoms with van der Waals surface area (Å²) in [5.41, 5.74) is 1.79. The summed E-state index contributed by atoms with van der Waals surface area (Å²) >= 11 is 0. The van der Waals surface area contributed by atoms with Crippen LogP contribution in [0.3, 0.4) is 0 Å². The van der Waals surface area contributed by atoms with Crippen LogP contribution in [0.1, 0.15) is 54.7 Å². The Labute approximate surface area is 118 Å². The van der Waals surface area contributed by atoms with Crippen LogP contribution in [0.4, 0.5) is 0 Å². The van der Waals surface area contributed by atoms with Crippen LogP contribution >= 0.6 is 0 Å². The number of hydrogen-bond donors (Lipinski definition) is 1. The van der Waals surface area contributed by atoms with Crippen LogP contribution < -0.4 is 0 Å². The Morgan fingerprint density at radius 3 is 2.85 bits per heavy atom. The molecule has 2 aromatic rings. The summed E-state index contributed by atoms with van der Waals surface area (Å²) in [7, 11) is 0. The second-order valence-electron chi connectivity index (χ2n) is 5.68. The number of hydrogen-bond acceptors (Lipinski definition) is 2. The number of nitrogens with zero attached hydrogens (tertiary/aromatic N) is 2. The van der Waals surface area contributed by atoms with Crippen molar-refractivity contribution in [2.75, 3.05) is 0 Å². The van der Waals surface area contributed by atoms with E-state index in [0.717, 1.165) is 30.1 Å². The lowest BCUT2D eigenvalue weighted by Gasteiger charge is -2.20. The number of rotatable bonds is 4. The van der Waals surface area contributed by atoms with Gasteiger partial charge in [0, 0.05) is 6.20 Å². The number of aromatic carboxylic acids is 1. The minimum absolute atomic E-state index is 0.330. The predicted octanol–water partition coefficient (Wildman–Crippen LogP) is 3.55.